The Morgan fingerprint density at radius 1 is 1.04 bits per heavy atom. The molecule has 0 saturated heterocycles. The van der Waals surface area contributed by atoms with E-state index in [1.807, 2.05) is 0 Å². The Labute approximate surface area is 160 Å². The van der Waals surface area contributed by atoms with Gasteiger partial charge < -0.3 is 15.4 Å². The molecule has 2 N–H and O–H groups in total. The maximum atomic E-state index is 12.5. The van der Waals surface area contributed by atoms with Crippen LogP contribution >= 0.6 is 0 Å². The first-order valence-electron chi connectivity index (χ1n) is 9.18. The summed E-state index contributed by atoms with van der Waals surface area (Å²) >= 11 is 0. The molecule has 0 aromatic heterocycles. The molecule has 2 aromatic carbocycles. The minimum atomic E-state index is -0.281. The number of ether oxygens (including phenoxy) is 1. The molecule has 0 heterocycles. The molecule has 2 aromatic rings. The standard InChI is InChI=1S/C22H26N2O3/c1-3-5-8-16-27-18-13-11-17(12-14-18)21(25)24-20-10-7-6-9-19(20)22(26)23-15-4-2/h4,6-7,9-14H,2-3,5,8,15-16H2,1H3,(H,23,26)(H,24,25). The van der Waals surface area contributed by atoms with E-state index in [1.165, 1.54) is 0 Å². The third-order valence-corrected chi connectivity index (χ3v) is 3.96. The number of anilines is 1. The highest BCUT2D eigenvalue weighted by Gasteiger charge is 2.13. The number of nitrogens with one attached hydrogen (secondary N) is 2. The molecule has 0 aliphatic heterocycles. The third-order valence-electron chi connectivity index (χ3n) is 3.96. The van der Waals surface area contributed by atoms with Gasteiger partial charge in [0.1, 0.15) is 5.75 Å². The molecule has 2 rings (SSSR count). The van der Waals surface area contributed by atoms with Crippen molar-refractivity contribution in [3.05, 3.63) is 72.3 Å². The van der Waals surface area contributed by atoms with Crippen LogP contribution in [0.4, 0.5) is 5.69 Å². The number of benzene rings is 2. The van der Waals surface area contributed by atoms with Gasteiger partial charge in [0.2, 0.25) is 0 Å². The van der Waals surface area contributed by atoms with E-state index in [9.17, 15) is 9.59 Å². The van der Waals surface area contributed by atoms with E-state index in [2.05, 4.69) is 24.1 Å². The molecule has 0 spiro atoms. The molecule has 5 nitrogen and oxygen atoms in total. The van der Waals surface area contributed by atoms with Crippen LogP contribution in [-0.4, -0.2) is 25.0 Å². The van der Waals surface area contributed by atoms with Gasteiger partial charge in [-0.05, 0) is 42.8 Å². The van der Waals surface area contributed by atoms with Crippen LogP contribution in [0, 0.1) is 0 Å². The van der Waals surface area contributed by atoms with Crippen LogP contribution in [0.15, 0.2) is 61.2 Å². The highest BCUT2D eigenvalue weighted by molar-refractivity contribution is 6.09. The van der Waals surface area contributed by atoms with Crippen molar-refractivity contribution in [2.45, 2.75) is 26.2 Å². The number of para-hydroxylation sites is 1. The van der Waals surface area contributed by atoms with Crippen LogP contribution < -0.4 is 15.4 Å². The van der Waals surface area contributed by atoms with Gasteiger partial charge in [0, 0.05) is 12.1 Å². The van der Waals surface area contributed by atoms with Gasteiger partial charge in [-0.2, -0.15) is 0 Å². The van der Waals surface area contributed by atoms with Gasteiger partial charge in [-0.15, -0.1) is 6.58 Å². The van der Waals surface area contributed by atoms with Crippen LogP contribution in [-0.2, 0) is 0 Å². The van der Waals surface area contributed by atoms with Crippen LogP contribution in [0.25, 0.3) is 0 Å². The summed E-state index contributed by atoms with van der Waals surface area (Å²) in [4.78, 5) is 24.7. The van der Waals surface area contributed by atoms with Crippen molar-refractivity contribution in [3.8, 4) is 5.75 Å². The second-order valence-electron chi connectivity index (χ2n) is 6.08. The van der Waals surface area contributed by atoms with Crippen molar-refractivity contribution < 1.29 is 14.3 Å². The molecule has 0 aliphatic carbocycles. The number of hydrogen-bond acceptors (Lipinski definition) is 3. The summed E-state index contributed by atoms with van der Waals surface area (Å²) in [6, 6.07) is 13.9. The number of amides is 2. The van der Waals surface area contributed by atoms with E-state index in [-0.39, 0.29) is 11.8 Å². The first-order chi connectivity index (χ1) is 13.2. The van der Waals surface area contributed by atoms with Crippen molar-refractivity contribution in [1.82, 2.24) is 5.32 Å². The maximum Gasteiger partial charge on any atom is 0.255 e. The first kappa shape index (κ1) is 20.2. The Morgan fingerprint density at radius 3 is 2.48 bits per heavy atom. The zero-order valence-corrected chi connectivity index (χ0v) is 15.7. The lowest BCUT2D eigenvalue weighted by molar-refractivity contribution is 0.0959. The summed E-state index contributed by atoms with van der Waals surface area (Å²) in [5.74, 6) is 0.199. The second kappa shape index (κ2) is 10.8. The molecule has 0 radical (unpaired) electrons. The molecule has 2 amide bonds. The molecule has 27 heavy (non-hydrogen) atoms. The molecule has 142 valence electrons. The van der Waals surface area contributed by atoms with Gasteiger partial charge in [0.15, 0.2) is 0 Å². The summed E-state index contributed by atoms with van der Waals surface area (Å²) in [5, 5.41) is 5.51. The Kier molecular flexibility index (Phi) is 8.10. The second-order valence-corrected chi connectivity index (χ2v) is 6.08. The van der Waals surface area contributed by atoms with Crippen molar-refractivity contribution in [2.75, 3.05) is 18.5 Å². The fraction of sp³-hybridized carbons (Fsp3) is 0.273. The predicted octanol–water partition coefficient (Wildman–Crippen LogP) is 4.42. The minimum absolute atomic E-state index is 0.262. The largest absolute Gasteiger partial charge is 0.494 e. The van der Waals surface area contributed by atoms with Crippen molar-refractivity contribution in [3.63, 3.8) is 0 Å². The zero-order chi connectivity index (χ0) is 19.5. The molecule has 0 atom stereocenters. The molecule has 0 saturated carbocycles. The normalized spacial score (nSPS) is 10.1. The van der Waals surface area contributed by atoms with E-state index in [0.717, 1.165) is 25.0 Å². The predicted molar refractivity (Wildman–Crippen MR) is 108 cm³/mol. The van der Waals surface area contributed by atoms with Crippen LogP contribution in [0.1, 0.15) is 46.9 Å². The van der Waals surface area contributed by atoms with Crippen molar-refractivity contribution >= 4 is 17.5 Å². The van der Waals surface area contributed by atoms with Gasteiger partial charge in [-0.3, -0.25) is 9.59 Å². The van der Waals surface area contributed by atoms with E-state index in [1.54, 1.807) is 54.6 Å². The zero-order valence-electron chi connectivity index (χ0n) is 15.7. The van der Waals surface area contributed by atoms with Gasteiger partial charge in [-0.25, -0.2) is 0 Å². The molecular formula is C22H26N2O3. The smallest absolute Gasteiger partial charge is 0.255 e. The highest BCUT2D eigenvalue weighted by atomic mass is 16.5. The maximum absolute atomic E-state index is 12.5. The van der Waals surface area contributed by atoms with E-state index in [4.69, 9.17) is 4.74 Å². The van der Waals surface area contributed by atoms with Crippen LogP contribution in [0.2, 0.25) is 0 Å². The fourth-order valence-electron chi connectivity index (χ4n) is 2.49. The molecule has 5 heteroatoms. The Morgan fingerprint density at radius 2 is 1.78 bits per heavy atom. The summed E-state index contributed by atoms with van der Waals surface area (Å²) < 4.78 is 5.66. The number of unbranched alkanes of at least 4 members (excludes halogenated alkanes) is 2. The molecule has 0 unspecified atom stereocenters. The lowest BCUT2D eigenvalue weighted by Crippen LogP contribution is -2.25. The summed E-state index contributed by atoms with van der Waals surface area (Å²) in [5.41, 5.74) is 1.37. The molecule has 0 aliphatic rings. The van der Waals surface area contributed by atoms with Gasteiger partial charge in [-0.1, -0.05) is 38.0 Å². The van der Waals surface area contributed by atoms with Crippen LogP contribution in [0.5, 0.6) is 5.75 Å². The summed E-state index contributed by atoms with van der Waals surface area (Å²) in [6.07, 6.45) is 4.91. The Hall–Kier alpha value is -3.08. The fourth-order valence-corrected chi connectivity index (χ4v) is 2.49. The van der Waals surface area contributed by atoms with E-state index >= 15 is 0 Å². The van der Waals surface area contributed by atoms with Gasteiger partial charge >= 0.3 is 0 Å². The summed E-state index contributed by atoms with van der Waals surface area (Å²) in [6.45, 7) is 6.76. The molecular weight excluding hydrogens is 340 g/mol. The molecule has 0 bridgehead atoms. The Balaban J connectivity index is 2.01. The number of carbonyl (C=O) groups excluding carboxylic acids is 2. The quantitative estimate of drug-likeness (QED) is 0.483. The van der Waals surface area contributed by atoms with Crippen molar-refractivity contribution in [1.29, 1.82) is 0 Å². The monoisotopic (exact) mass is 366 g/mol. The highest BCUT2D eigenvalue weighted by Crippen LogP contribution is 2.18. The van der Waals surface area contributed by atoms with Gasteiger partial charge in [0.05, 0.1) is 17.9 Å². The lowest BCUT2D eigenvalue weighted by Gasteiger charge is -2.11. The topological polar surface area (TPSA) is 67.4 Å². The number of carbonyl (C=O) groups is 2. The third kappa shape index (κ3) is 6.29. The first-order valence-corrected chi connectivity index (χ1v) is 9.18. The minimum Gasteiger partial charge on any atom is -0.494 e. The van der Waals surface area contributed by atoms with Gasteiger partial charge in [0.25, 0.3) is 11.8 Å². The molecule has 0 fully saturated rings. The number of rotatable bonds is 10. The van der Waals surface area contributed by atoms with Crippen LogP contribution in [0.3, 0.4) is 0 Å². The van der Waals surface area contributed by atoms with Crippen molar-refractivity contribution in [2.24, 2.45) is 0 Å². The number of hydrogen-bond donors (Lipinski definition) is 2. The SMILES string of the molecule is C=CCNC(=O)c1ccccc1NC(=O)c1ccc(OCCCCC)cc1. The average molecular weight is 366 g/mol. The van der Waals surface area contributed by atoms with E-state index in [0.29, 0.717) is 30.0 Å². The average Bonchev–Trinajstić information content (AvgIpc) is 2.70. The van der Waals surface area contributed by atoms with E-state index < -0.39 is 0 Å². The summed E-state index contributed by atoms with van der Waals surface area (Å²) in [7, 11) is 0. The Bertz CT molecular complexity index is 769. The lowest BCUT2D eigenvalue weighted by atomic mass is 10.1.